The van der Waals surface area contributed by atoms with Crippen molar-refractivity contribution in [3.63, 3.8) is 0 Å². The molecule has 1 aliphatic rings. The third kappa shape index (κ3) is 3.52. The minimum absolute atomic E-state index is 0.143. The van der Waals surface area contributed by atoms with E-state index in [0.29, 0.717) is 30.0 Å². The highest BCUT2D eigenvalue weighted by molar-refractivity contribution is 7.89. The van der Waals surface area contributed by atoms with Gasteiger partial charge in [-0.25, -0.2) is 13.1 Å². The second-order valence-corrected chi connectivity index (χ2v) is 7.74. The van der Waals surface area contributed by atoms with Crippen LogP contribution in [-0.2, 0) is 20.8 Å². The molecular formula is C11H17N3O3S2. The summed E-state index contributed by atoms with van der Waals surface area (Å²) in [6, 6.07) is 1.47. The smallest absolute Gasteiger partial charge is 0.244 e. The molecule has 2 rings (SSSR count). The molecule has 0 spiro atoms. The third-order valence-electron chi connectivity index (χ3n) is 3.05. The highest BCUT2D eigenvalue weighted by Gasteiger charge is 2.25. The lowest BCUT2D eigenvalue weighted by Gasteiger charge is -2.22. The van der Waals surface area contributed by atoms with Crippen molar-refractivity contribution in [3.8, 4) is 0 Å². The van der Waals surface area contributed by atoms with Gasteiger partial charge in [-0.1, -0.05) is 0 Å². The van der Waals surface area contributed by atoms with E-state index < -0.39 is 20.8 Å². The van der Waals surface area contributed by atoms with Crippen LogP contribution >= 0.6 is 0 Å². The molecule has 8 heteroatoms. The van der Waals surface area contributed by atoms with Crippen LogP contribution in [0.1, 0.15) is 12.8 Å². The van der Waals surface area contributed by atoms with Gasteiger partial charge in [0.2, 0.25) is 10.0 Å². The molecule has 1 fully saturated rings. The van der Waals surface area contributed by atoms with Gasteiger partial charge in [0.25, 0.3) is 0 Å². The van der Waals surface area contributed by atoms with Crippen LogP contribution in [0.5, 0.6) is 0 Å². The van der Waals surface area contributed by atoms with E-state index in [4.69, 9.17) is 0 Å². The molecule has 1 aromatic rings. The molecule has 2 heterocycles. The third-order valence-corrected chi connectivity index (χ3v) is 5.98. The molecule has 0 aliphatic carbocycles. The Balaban J connectivity index is 2.16. The van der Waals surface area contributed by atoms with Gasteiger partial charge in [-0.3, -0.25) is 9.19 Å². The molecule has 19 heavy (non-hydrogen) atoms. The van der Waals surface area contributed by atoms with Gasteiger partial charge in [0.05, 0.1) is 5.69 Å². The Morgan fingerprint density at radius 2 is 2.05 bits per heavy atom. The van der Waals surface area contributed by atoms with Crippen LogP contribution in [-0.4, -0.2) is 42.2 Å². The molecule has 0 amide bonds. The quantitative estimate of drug-likeness (QED) is 0.836. The van der Waals surface area contributed by atoms with Crippen molar-refractivity contribution in [3.05, 3.63) is 18.5 Å². The molecule has 106 valence electrons. The van der Waals surface area contributed by atoms with E-state index in [1.54, 1.807) is 13.1 Å². The Bertz CT molecular complexity index is 564. The molecule has 0 bridgehead atoms. The zero-order chi connectivity index (χ0) is 13.9. The van der Waals surface area contributed by atoms with Crippen molar-refractivity contribution in [1.82, 2.24) is 9.71 Å². The first-order valence-electron chi connectivity index (χ1n) is 6.02. The van der Waals surface area contributed by atoms with E-state index >= 15 is 0 Å². The second kappa shape index (κ2) is 5.98. The number of aromatic nitrogens is 1. The van der Waals surface area contributed by atoms with Crippen LogP contribution in [0.25, 0.3) is 0 Å². The maximum atomic E-state index is 12.3. The van der Waals surface area contributed by atoms with Crippen LogP contribution in [0.15, 0.2) is 23.4 Å². The number of nitrogens with one attached hydrogen (secondary N) is 2. The van der Waals surface area contributed by atoms with Gasteiger partial charge in [-0.05, 0) is 18.9 Å². The van der Waals surface area contributed by atoms with Crippen molar-refractivity contribution < 1.29 is 12.6 Å². The summed E-state index contributed by atoms with van der Waals surface area (Å²) in [7, 11) is -2.73. The molecule has 2 N–H and O–H groups in total. The number of sulfonamides is 1. The Hall–Kier alpha value is -0.990. The second-order valence-electron chi connectivity index (χ2n) is 4.37. The molecule has 1 aliphatic heterocycles. The Kier molecular flexibility index (Phi) is 4.54. The van der Waals surface area contributed by atoms with Crippen LogP contribution in [0, 0.1) is 0 Å². The zero-order valence-corrected chi connectivity index (χ0v) is 12.3. The van der Waals surface area contributed by atoms with Crippen molar-refractivity contribution in [2.45, 2.75) is 23.8 Å². The van der Waals surface area contributed by atoms with Gasteiger partial charge >= 0.3 is 0 Å². The summed E-state index contributed by atoms with van der Waals surface area (Å²) in [5.74, 6) is 1.11. The van der Waals surface area contributed by atoms with Crippen molar-refractivity contribution >= 4 is 26.5 Å². The standard InChI is InChI=1S/C11H17N3O3S2/c1-12-10-2-5-13-8-11(10)19(16,17)14-9-3-6-18(15)7-4-9/h2,5,8-9,14H,3-4,6-7H2,1H3,(H,12,13). The molecule has 0 atom stereocenters. The van der Waals surface area contributed by atoms with Crippen molar-refractivity contribution in [1.29, 1.82) is 0 Å². The van der Waals surface area contributed by atoms with Crippen LogP contribution in [0.2, 0.25) is 0 Å². The fraction of sp³-hybridized carbons (Fsp3) is 0.545. The van der Waals surface area contributed by atoms with Crippen LogP contribution in [0.4, 0.5) is 5.69 Å². The largest absolute Gasteiger partial charge is 0.387 e. The number of hydrogen-bond donors (Lipinski definition) is 2. The number of nitrogens with zero attached hydrogens (tertiary/aromatic N) is 1. The van der Waals surface area contributed by atoms with Gasteiger partial charge < -0.3 is 5.32 Å². The lowest BCUT2D eigenvalue weighted by atomic mass is 10.2. The summed E-state index contributed by atoms with van der Waals surface area (Å²) in [6.45, 7) is 0. The Morgan fingerprint density at radius 3 is 2.68 bits per heavy atom. The maximum absolute atomic E-state index is 12.3. The van der Waals surface area contributed by atoms with Gasteiger partial charge in [0.1, 0.15) is 4.90 Å². The lowest BCUT2D eigenvalue weighted by molar-refractivity contribution is 0.522. The van der Waals surface area contributed by atoms with E-state index in [1.165, 1.54) is 12.4 Å². The van der Waals surface area contributed by atoms with Gasteiger partial charge in [0, 0.05) is 47.8 Å². The van der Waals surface area contributed by atoms with Gasteiger partial charge in [0.15, 0.2) is 0 Å². The average Bonchev–Trinajstić information content (AvgIpc) is 2.41. The summed E-state index contributed by atoms with van der Waals surface area (Å²) < 4.78 is 38.5. The summed E-state index contributed by atoms with van der Waals surface area (Å²) in [5.41, 5.74) is 0.516. The molecule has 6 nitrogen and oxygen atoms in total. The predicted octanol–water partition coefficient (Wildman–Crippen LogP) is 0.313. The molecule has 0 radical (unpaired) electrons. The van der Waals surface area contributed by atoms with E-state index in [1.807, 2.05) is 0 Å². The Morgan fingerprint density at radius 1 is 1.37 bits per heavy atom. The minimum Gasteiger partial charge on any atom is -0.387 e. The molecule has 1 saturated heterocycles. The van der Waals surface area contributed by atoms with E-state index in [9.17, 15) is 12.6 Å². The van der Waals surface area contributed by atoms with Gasteiger partial charge in [-0.2, -0.15) is 0 Å². The number of hydrogen-bond acceptors (Lipinski definition) is 5. The maximum Gasteiger partial charge on any atom is 0.244 e. The first kappa shape index (κ1) is 14.4. The molecule has 0 aromatic carbocycles. The van der Waals surface area contributed by atoms with Crippen molar-refractivity contribution in [2.24, 2.45) is 0 Å². The van der Waals surface area contributed by atoms with Gasteiger partial charge in [-0.15, -0.1) is 0 Å². The van der Waals surface area contributed by atoms with E-state index in [2.05, 4.69) is 15.0 Å². The molecular weight excluding hydrogens is 286 g/mol. The SMILES string of the molecule is CNc1ccncc1S(=O)(=O)NC1CCS(=O)CC1. The average molecular weight is 303 g/mol. The topological polar surface area (TPSA) is 88.2 Å². The summed E-state index contributed by atoms with van der Waals surface area (Å²) in [4.78, 5) is 4.00. The number of rotatable bonds is 4. The lowest BCUT2D eigenvalue weighted by Crippen LogP contribution is -2.39. The summed E-state index contributed by atoms with van der Waals surface area (Å²) in [6.07, 6.45) is 4.09. The molecule has 1 aromatic heterocycles. The minimum atomic E-state index is -3.59. The zero-order valence-electron chi connectivity index (χ0n) is 10.6. The molecule has 0 saturated carbocycles. The summed E-state index contributed by atoms with van der Waals surface area (Å²) >= 11 is 0. The normalized spacial score (nSPS) is 24.1. The van der Waals surface area contributed by atoms with Crippen LogP contribution < -0.4 is 10.0 Å². The first-order chi connectivity index (χ1) is 9.03. The van der Waals surface area contributed by atoms with E-state index in [-0.39, 0.29) is 10.9 Å². The first-order valence-corrected chi connectivity index (χ1v) is 8.99. The Labute approximate surface area is 115 Å². The highest BCUT2D eigenvalue weighted by atomic mass is 32.2. The van der Waals surface area contributed by atoms with Crippen molar-refractivity contribution in [2.75, 3.05) is 23.9 Å². The predicted molar refractivity (Wildman–Crippen MR) is 75.0 cm³/mol. The monoisotopic (exact) mass is 303 g/mol. The molecule has 0 unspecified atom stereocenters. The highest BCUT2D eigenvalue weighted by Crippen LogP contribution is 2.20. The number of pyridine rings is 1. The van der Waals surface area contributed by atoms with Crippen LogP contribution in [0.3, 0.4) is 0 Å². The van der Waals surface area contributed by atoms with E-state index in [0.717, 1.165) is 0 Å². The summed E-state index contributed by atoms with van der Waals surface area (Å²) in [5, 5.41) is 2.84. The fourth-order valence-electron chi connectivity index (χ4n) is 2.00. The fourth-order valence-corrected chi connectivity index (χ4v) is 4.75. The number of anilines is 1.